The summed E-state index contributed by atoms with van der Waals surface area (Å²) in [4.78, 5) is 0. The molecule has 0 saturated heterocycles. The van der Waals surface area contributed by atoms with Gasteiger partial charge in [-0.15, -0.1) is 0 Å². The SMILES string of the molecule is CC(C)(C)[Si](C)(C)Oc1cc(C(F)(F)F)ccc1Br. The van der Waals surface area contributed by atoms with Crippen molar-refractivity contribution >= 4 is 24.2 Å². The van der Waals surface area contributed by atoms with Crippen LogP contribution in [0.2, 0.25) is 18.1 Å². The van der Waals surface area contributed by atoms with Crippen molar-refractivity contribution in [2.24, 2.45) is 0 Å². The maximum Gasteiger partial charge on any atom is 0.416 e. The summed E-state index contributed by atoms with van der Waals surface area (Å²) in [6, 6.07) is 3.48. The van der Waals surface area contributed by atoms with Gasteiger partial charge >= 0.3 is 6.18 Å². The van der Waals surface area contributed by atoms with Crippen molar-refractivity contribution < 1.29 is 17.6 Å². The molecule has 0 aliphatic rings. The van der Waals surface area contributed by atoms with Crippen LogP contribution in [0.3, 0.4) is 0 Å². The van der Waals surface area contributed by atoms with Gasteiger partial charge in [0.1, 0.15) is 5.75 Å². The fourth-order valence-electron chi connectivity index (χ4n) is 1.19. The van der Waals surface area contributed by atoms with E-state index in [9.17, 15) is 13.2 Å². The third-order valence-corrected chi connectivity index (χ3v) is 8.43. The molecule has 0 radical (unpaired) electrons. The Morgan fingerprint density at radius 3 is 2.05 bits per heavy atom. The second-order valence-corrected chi connectivity index (χ2v) is 11.6. The van der Waals surface area contributed by atoms with Gasteiger partial charge in [0.2, 0.25) is 0 Å². The number of rotatable bonds is 2. The fraction of sp³-hybridized carbons (Fsp3) is 0.538. The van der Waals surface area contributed by atoms with Crippen LogP contribution in [0.15, 0.2) is 22.7 Å². The van der Waals surface area contributed by atoms with E-state index in [2.05, 4.69) is 15.9 Å². The Balaban J connectivity index is 3.15. The van der Waals surface area contributed by atoms with Crippen LogP contribution >= 0.6 is 15.9 Å². The van der Waals surface area contributed by atoms with Gasteiger partial charge in [-0.2, -0.15) is 13.2 Å². The molecule has 0 fully saturated rings. The molecule has 0 atom stereocenters. The number of benzene rings is 1. The third-order valence-electron chi connectivity index (χ3n) is 3.43. The molecule has 19 heavy (non-hydrogen) atoms. The van der Waals surface area contributed by atoms with E-state index in [1.807, 2.05) is 33.9 Å². The van der Waals surface area contributed by atoms with Crippen LogP contribution in [0.1, 0.15) is 26.3 Å². The maximum atomic E-state index is 12.7. The summed E-state index contributed by atoms with van der Waals surface area (Å²) < 4.78 is 44.6. The minimum absolute atomic E-state index is 0.0688. The summed E-state index contributed by atoms with van der Waals surface area (Å²) in [6.07, 6.45) is -4.35. The Hall–Kier alpha value is -0.493. The minimum Gasteiger partial charge on any atom is -0.543 e. The van der Waals surface area contributed by atoms with Crippen LogP contribution in [-0.4, -0.2) is 8.32 Å². The zero-order valence-corrected chi connectivity index (χ0v) is 14.2. The van der Waals surface area contributed by atoms with E-state index in [0.29, 0.717) is 4.47 Å². The van der Waals surface area contributed by atoms with Gasteiger partial charge in [0, 0.05) is 0 Å². The van der Waals surface area contributed by atoms with Gasteiger partial charge in [-0.3, -0.25) is 0 Å². The molecule has 0 aromatic heterocycles. The van der Waals surface area contributed by atoms with E-state index in [4.69, 9.17) is 4.43 Å². The molecule has 6 heteroatoms. The van der Waals surface area contributed by atoms with Crippen LogP contribution in [-0.2, 0) is 6.18 Å². The minimum atomic E-state index is -4.35. The number of hydrogen-bond donors (Lipinski definition) is 0. The highest BCUT2D eigenvalue weighted by Crippen LogP contribution is 2.41. The summed E-state index contributed by atoms with van der Waals surface area (Å²) in [5.74, 6) is 0.265. The van der Waals surface area contributed by atoms with Crippen molar-refractivity contribution in [1.82, 2.24) is 0 Å². The molecule has 0 unspecified atom stereocenters. The van der Waals surface area contributed by atoms with Gasteiger partial charge in [0.15, 0.2) is 0 Å². The lowest BCUT2D eigenvalue weighted by Crippen LogP contribution is -2.44. The number of alkyl halides is 3. The molecule has 1 rings (SSSR count). The van der Waals surface area contributed by atoms with E-state index in [1.165, 1.54) is 6.07 Å². The summed E-state index contributed by atoms with van der Waals surface area (Å²) in [5, 5.41) is -0.0688. The highest BCUT2D eigenvalue weighted by molar-refractivity contribution is 9.10. The third kappa shape index (κ3) is 3.98. The van der Waals surface area contributed by atoms with Gasteiger partial charge in [-0.05, 0) is 52.3 Å². The summed E-state index contributed by atoms with van der Waals surface area (Å²) in [5.41, 5.74) is -0.690. The second kappa shape index (κ2) is 5.13. The normalized spacial score (nSPS) is 13.5. The average molecular weight is 355 g/mol. The van der Waals surface area contributed by atoms with Gasteiger partial charge in [0.05, 0.1) is 10.0 Å². The van der Waals surface area contributed by atoms with Gasteiger partial charge in [-0.1, -0.05) is 20.8 Å². The van der Waals surface area contributed by atoms with Crippen molar-refractivity contribution in [3.63, 3.8) is 0 Å². The standard InChI is InChI=1S/C13H18BrF3OSi/c1-12(2,3)19(4,5)18-11-8-9(13(15,16)17)6-7-10(11)14/h6-8H,1-5H3. The fourth-order valence-corrected chi connectivity index (χ4v) is 2.69. The lowest BCUT2D eigenvalue weighted by Gasteiger charge is -2.36. The van der Waals surface area contributed by atoms with E-state index >= 15 is 0 Å². The van der Waals surface area contributed by atoms with Crippen LogP contribution < -0.4 is 4.43 Å². The molecule has 0 amide bonds. The molecule has 1 nitrogen and oxygen atoms in total. The lowest BCUT2D eigenvalue weighted by molar-refractivity contribution is -0.137. The Morgan fingerprint density at radius 2 is 1.63 bits per heavy atom. The van der Waals surface area contributed by atoms with Crippen LogP contribution in [0.5, 0.6) is 5.75 Å². The van der Waals surface area contributed by atoms with Gasteiger partial charge < -0.3 is 4.43 Å². The topological polar surface area (TPSA) is 9.23 Å². The summed E-state index contributed by atoms with van der Waals surface area (Å²) >= 11 is 3.25. The Kier molecular flexibility index (Phi) is 4.47. The van der Waals surface area contributed by atoms with Gasteiger partial charge in [-0.25, -0.2) is 0 Å². The molecule has 0 N–H and O–H groups in total. The van der Waals surface area contributed by atoms with Crippen molar-refractivity contribution in [1.29, 1.82) is 0 Å². The maximum absolute atomic E-state index is 12.7. The van der Waals surface area contributed by atoms with E-state index in [0.717, 1.165) is 12.1 Å². The predicted molar refractivity (Wildman–Crippen MR) is 77.0 cm³/mol. The van der Waals surface area contributed by atoms with Crippen LogP contribution in [0.25, 0.3) is 0 Å². The molecule has 0 bridgehead atoms. The first-order chi connectivity index (χ1) is 8.34. The summed E-state index contributed by atoms with van der Waals surface area (Å²) in [7, 11) is -2.16. The molecule has 1 aromatic carbocycles. The monoisotopic (exact) mass is 354 g/mol. The zero-order chi connectivity index (χ0) is 15.1. The van der Waals surface area contributed by atoms with Crippen molar-refractivity contribution in [3.05, 3.63) is 28.2 Å². The first-order valence-electron chi connectivity index (χ1n) is 5.90. The zero-order valence-electron chi connectivity index (χ0n) is 11.7. The lowest BCUT2D eigenvalue weighted by atomic mass is 10.2. The molecule has 0 saturated carbocycles. The molecular weight excluding hydrogens is 337 g/mol. The Labute approximate surface area is 121 Å². The van der Waals surface area contributed by atoms with E-state index in [1.54, 1.807) is 0 Å². The highest BCUT2D eigenvalue weighted by Gasteiger charge is 2.40. The van der Waals surface area contributed by atoms with Gasteiger partial charge in [0.25, 0.3) is 8.32 Å². The average Bonchev–Trinajstić information content (AvgIpc) is 2.17. The molecule has 0 aliphatic carbocycles. The second-order valence-electron chi connectivity index (χ2n) is 6.01. The molecule has 1 aromatic rings. The molecular formula is C13H18BrF3OSi. The van der Waals surface area contributed by atoms with E-state index in [-0.39, 0.29) is 10.8 Å². The summed E-state index contributed by atoms with van der Waals surface area (Å²) in [6.45, 7) is 10.1. The molecule has 108 valence electrons. The molecule has 0 heterocycles. The quantitative estimate of drug-likeness (QED) is 0.605. The van der Waals surface area contributed by atoms with Crippen LogP contribution in [0.4, 0.5) is 13.2 Å². The van der Waals surface area contributed by atoms with E-state index < -0.39 is 20.1 Å². The first-order valence-corrected chi connectivity index (χ1v) is 9.60. The number of hydrogen-bond acceptors (Lipinski definition) is 1. The Morgan fingerprint density at radius 1 is 1.11 bits per heavy atom. The molecule has 0 aliphatic heterocycles. The predicted octanol–water partition coefficient (Wildman–Crippen LogP) is 5.85. The van der Waals surface area contributed by atoms with Crippen LogP contribution in [0, 0.1) is 0 Å². The smallest absolute Gasteiger partial charge is 0.416 e. The highest BCUT2D eigenvalue weighted by atomic mass is 79.9. The largest absolute Gasteiger partial charge is 0.543 e. The first kappa shape index (κ1) is 16.6. The van der Waals surface area contributed by atoms with Crippen molar-refractivity contribution in [2.75, 3.05) is 0 Å². The van der Waals surface area contributed by atoms with Crippen molar-refractivity contribution in [3.8, 4) is 5.75 Å². The number of halogens is 4. The van der Waals surface area contributed by atoms with Crippen molar-refractivity contribution in [2.45, 2.75) is 45.1 Å². The Bertz CT molecular complexity index is 464. The molecule has 0 spiro atoms.